The molecule has 0 aliphatic carbocycles. The fraction of sp³-hybridized carbons (Fsp3) is 0.0952. The van der Waals surface area contributed by atoms with Gasteiger partial charge in [0.05, 0.1) is 12.8 Å². The Kier molecular flexibility index (Phi) is 5.23. The molecular formula is C21H16N6O2S2. The number of methoxy groups -OCH3 is 1. The first-order valence-electron chi connectivity index (χ1n) is 9.32. The molecule has 5 aromatic rings. The minimum Gasteiger partial charge on any atom is -0.497 e. The minimum absolute atomic E-state index is 0.0871. The molecule has 0 spiro atoms. The van der Waals surface area contributed by atoms with Gasteiger partial charge in [0.2, 0.25) is 0 Å². The molecule has 0 aliphatic rings. The number of hydrogen-bond acceptors (Lipinski definition) is 8. The standard InChI is InChI=1S/C21H16N6O2S2/c1-29-17-4-2-16(3-5-17)27-19(14-6-8-22-9-7-14)24-25-21(27)31-13-15-12-18(28)26-10-11-30-20(26)23-15/h2-12H,13H2,1H3. The van der Waals surface area contributed by atoms with E-state index in [1.54, 1.807) is 36.2 Å². The van der Waals surface area contributed by atoms with Crippen LogP contribution in [0.3, 0.4) is 0 Å². The largest absolute Gasteiger partial charge is 0.497 e. The minimum atomic E-state index is -0.0871. The molecule has 0 unspecified atom stereocenters. The maximum absolute atomic E-state index is 12.3. The average molecular weight is 449 g/mol. The van der Waals surface area contributed by atoms with E-state index in [-0.39, 0.29) is 5.56 Å². The SMILES string of the molecule is COc1ccc(-n2c(SCc3cc(=O)n4ccsc4n3)nnc2-c2ccncc2)cc1. The van der Waals surface area contributed by atoms with E-state index in [2.05, 4.69) is 20.2 Å². The van der Waals surface area contributed by atoms with Gasteiger partial charge in [0.25, 0.3) is 5.56 Å². The van der Waals surface area contributed by atoms with Crippen LogP contribution < -0.4 is 10.3 Å². The van der Waals surface area contributed by atoms with Crippen molar-refractivity contribution in [1.82, 2.24) is 29.1 Å². The van der Waals surface area contributed by atoms with E-state index >= 15 is 0 Å². The Balaban J connectivity index is 1.52. The third kappa shape index (κ3) is 3.82. The van der Waals surface area contributed by atoms with Crippen LogP contribution in [-0.2, 0) is 5.75 Å². The van der Waals surface area contributed by atoms with Crippen LogP contribution >= 0.6 is 23.1 Å². The summed E-state index contributed by atoms with van der Waals surface area (Å²) in [6.07, 6.45) is 5.18. The van der Waals surface area contributed by atoms with Crippen molar-refractivity contribution in [3.8, 4) is 22.8 Å². The highest BCUT2D eigenvalue weighted by Crippen LogP contribution is 2.30. The third-order valence-electron chi connectivity index (χ3n) is 4.61. The van der Waals surface area contributed by atoms with Crippen LogP contribution in [0.15, 0.2) is 76.4 Å². The molecule has 4 heterocycles. The Morgan fingerprint density at radius 3 is 2.68 bits per heavy atom. The van der Waals surface area contributed by atoms with E-state index in [4.69, 9.17) is 4.74 Å². The molecule has 5 rings (SSSR count). The van der Waals surface area contributed by atoms with Crippen LogP contribution in [0.2, 0.25) is 0 Å². The van der Waals surface area contributed by atoms with Crippen molar-refractivity contribution in [1.29, 1.82) is 0 Å². The molecule has 0 amide bonds. The molecule has 0 atom stereocenters. The number of hydrogen-bond donors (Lipinski definition) is 0. The lowest BCUT2D eigenvalue weighted by molar-refractivity contribution is 0.414. The van der Waals surface area contributed by atoms with Gasteiger partial charge < -0.3 is 4.74 Å². The first-order chi connectivity index (χ1) is 15.2. The van der Waals surface area contributed by atoms with Gasteiger partial charge in [0.15, 0.2) is 15.9 Å². The van der Waals surface area contributed by atoms with Crippen LogP contribution in [0, 0.1) is 0 Å². The monoisotopic (exact) mass is 448 g/mol. The number of benzene rings is 1. The third-order valence-corrected chi connectivity index (χ3v) is 6.33. The zero-order valence-corrected chi connectivity index (χ0v) is 18.0. The van der Waals surface area contributed by atoms with Gasteiger partial charge >= 0.3 is 0 Å². The van der Waals surface area contributed by atoms with Crippen LogP contribution in [0.1, 0.15) is 5.69 Å². The van der Waals surface area contributed by atoms with Gasteiger partial charge in [-0.05, 0) is 36.4 Å². The van der Waals surface area contributed by atoms with Gasteiger partial charge in [-0.2, -0.15) is 0 Å². The quantitative estimate of drug-likeness (QED) is 0.366. The lowest BCUT2D eigenvalue weighted by Crippen LogP contribution is -2.12. The van der Waals surface area contributed by atoms with Crippen molar-refractivity contribution >= 4 is 28.1 Å². The highest BCUT2D eigenvalue weighted by atomic mass is 32.2. The average Bonchev–Trinajstić information content (AvgIpc) is 3.46. The highest BCUT2D eigenvalue weighted by molar-refractivity contribution is 7.98. The van der Waals surface area contributed by atoms with E-state index < -0.39 is 0 Å². The smallest absolute Gasteiger partial charge is 0.258 e. The predicted molar refractivity (Wildman–Crippen MR) is 120 cm³/mol. The molecule has 0 fully saturated rings. The van der Waals surface area contributed by atoms with Crippen molar-refractivity contribution in [2.24, 2.45) is 0 Å². The van der Waals surface area contributed by atoms with Gasteiger partial charge in [-0.1, -0.05) is 11.8 Å². The predicted octanol–water partition coefficient (Wildman–Crippen LogP) is 3.70. The zero-order chi connectivity index (χ0) is 21.2. The van der Waals surface area contributed by atoms with E-state index in [0.29, 0.717) is 27.4 Å². The number of rotatable bonds is 6. The number of fused-ring (bicyclic) bond motifs is 1. The summed E-state index contributed by atoms with van der Waals surface area (Å²) in [7, 11) is 1.64. The Morgan fingerprint density at radius 2 is 1.90 bits per heavy atom. The molecule has 0 saturated carbocycles. The van der Waals surface area contributed by atoms with Gasteiger partial charge in [-0.15, -0.1) is 21.5 Å². The Hall–Kier alpha value is -3.50. The van der Waals surface area contributed by atoms with Crippen LogP contribution in [-0.4, -0.2) is 36.2 Å². The number of ether oxygens (including phenoxy) is 1. The summed E-state index contributed by atoms with van der Waals surface area (Å²) in [4.78, 5) is 21.6. The van der Waals surface area contributed by atoms with Gasteiger partial charge in [-0.25, -0.2) is 4.98 Å². The van der Waals surface area contributed by atoms with Crippen molar-refractivity contribution in [3.05, 3.63) is 82.5 Å². The Morgan fingerprint density at radius 1 is 1.10 bits per heavy atom. The topological polar surface area (TPSA) is 87.2 Å². The molecule has 0 N–H and O–H groups in total. The molecule has 1 aromatic carbocycles. The molecule has 0 bridgehead atoms. The molecule has 10 heteroatoms. The highest BCUT2D eigenvalue weighted by Gasteiger charge is 2.17. The Bertz CT molecular complexity index is 1390. The van der Waals surface area contributed by atoms with Gasteiger partial charge in [0.1, 0.15) is 5.75 Å². The normalized spacial score (nSPS) is 11.1. The van der Waals surface area contributed by atoms with E-state index in [0.717, 1.165) is 17.0 Å². The number of thioether (sulfide) groups is 1. The van der Waals surface area contributed by atoms with Crippen LogP contribution in [0.5, 0.6) is 5.75 Å². The summed E-state index contributed by atoms with van der Waals surface area (Å²) in [5.41, 5.74) is 2.42. The summed E-state index contributed by atoms with van der Waals surface area (Å²) in [6.45, 7) is 0. The van der Waals surface area contributed by atoms with Crippen molar-refractivity contribution in [3.63, 3.8) is 0 Å². The molecular weight excluding hydrogens is 432 g/mol. The number of nitrogens with zero attached hydrogens (tertiary/aromatic N) is 6. The van der Waals surface area contributed by atoms with Crippen LogP contribution in [0.4, 0.5) is 0 Å². The summed E-state index contributed by atoms with van der Waals surface area (Å²) in [5, 5.41) is 11.4. The Labute approximate surface area is 185 Å². The van der Waals surface area contributed by atoms with E-state index in [1.165, 1.54) is 23.1 Å². The molecule has 154 valence electrons. The van der Waals surface area contributed by atoms with Crippen molar-refractivity contribution in [2.75, 3.05) is 7.11 Å². The second kappa shape index (κ2) is 8.32. The first kappa shape index (κ1) is 19.5. The maximum atomic E-state index is 12.3. The van der Waals surface area contributed by atoms with E-state index in [9.17, 15) is 4.79 Å². The van der Waals surface area contributed by atoms with Crippen LogP contribution in [0.25, 0.3) is 22.0 Å². The van der Waals surface area contributed by atoms with Gasteiger partial charge in [-0.3, -0.25) is 18.7 Å². The molecule has 0 radical (unpaired) electrons. The summed E-state index contributed by atoms with van der Waals surface area (Å²) < 4.78 is 8.81. The maximum Gasteiger partial charge on any atom is 0.258 e. The number of thiazole rings is 1. The fourth-order valence-electron chi connectivity index (χ4n) is 3.12. The number of aromatic nitrogens is 6. The number of pyridine rings is 1. The first-order valence-corrected chi connectivity index (χ1v) is 11.2. The second-order valence-electron chi connectivity index (χ2n) is 6.51. The molecule has 0 saturated heterocycles. The summed E-state index contributed by atoms with van der Waals surface area (Å²) >= 11 is 2.91. The molecule has 8 nitrogen and oxygen atoms in total. The summed E-state index contributed by atoms with van der Waals surface area (Å²) in [6, 6.07) is 13.1. The fourth-order valence-corrected chi connectivity index (χ4v) is 4.70. The lowest BCUT2D eigenvalue weighted by Gasteiger charge is -2.11. The second-order valence-corrected chi connectivity index (χ2v) is 8.32. The lowest BCUT2D eigenvalue weighted by atomic mass is 10.2. The molecule has 31 heavy (non-hydrogen) atoms. The van der Waals surface area contributed by atoms with Gasteiger partial charge in [0, 0.05) is 47.0 Å². The van der Waals surface area contributed by atoms with Crippen molar-refractivity contribution < 1.29 is 4.74 Å². The summed E-state index contributed by atoms with van der Waals surface area (Å²) in [5.74, 6) is 1.97. The molecule has 4 aromatic heterocycles. The van der Waals surface area contributed by atoms with Crippen molar-refractivity contribution in [2.45, 2.75) is 10.9 Å². The molecule has 0 aliphatic heterocycles. The zero-order valence-electron chi connectivity index (χ0n) is 16.4. The van der Waals surface area contributed by atoms with E-state index in [1.807, 2.05) is 46.3 Å².